The lowest BCUT2D eigenvalue weighted by molar-refractivity contribution is 0.228. The summed E-state index contributed by atoms with van der Waals surface area (Å²) in [6, 6.07) is 2.18. The van der Waals surface area contributed by atoms with Crippen molar-refractivity contribution in [3.8, 4) is 6.07 Å². The smallest absolute Gasteiger partial charge is 0.306 e. The molecule has 1 saturated carbocycles. The van der Waals surface area contributed by atoms with E-state index in [1.807, 2.05) is 0 Å². The summed E-state index contributed by atoms with van der Waals surface area (Å²) in [7, 11) is -3.10. The van der Waals surface area contributed by atoms with E-state index >= 15 is 0 Å². The van der Waals surface area contributed by atoms with Crippen molar-refractivity contribution in [3.63, 3.8) is 0 Å². The van der Waals surface area contributed by atoms with Crippen LogP contribution in [0.15, 0.2) is 11.4 Å². The van der Waals surface area contributed by atoms with Gasteiger partial charge in [0.15, 0.2) is 0 Å². The summed E-state index contributed by atoms with van der Waals surface area (Å²) in [6.07, 6.45) is 3.44. The van der Waals surface area contributed by atoms with Crippen molar-refractivity contribution in [1.82, 2.24) is 0 Å². The molecule has 17 heavy (non-hydrogen) atoms. The van der Waals surface area contributed by atoms with Crippen molar-refractivity contribution in [2.75, 3.05) is 13.2 Å². The maximum atomic E-state index is 12.3. The van der Waals surface area contributed by atoms with Gasteiger partial charge < -0.3 is 9.05 Å². The van der Waals surface area contributed by atoms with Crippen molar-refractivity contribution in [2.45, 2.75) is 39.5 Å². The van der Waals surface area contributed by atoms with E-state index in [4.69, 9.17) is 14.3 Å². The van der Waals surface area contributed by atoms with Crippen LogP contribution in [0.5, 0.6) is 0 Å². The summed E-state index contributed by atoms with van der Waals surface area (Å²) >= 11 is 0. The maximum Gasteiger partial charge on any atom is 0.354 e. The molecule has 0 N–H and O–H groups in total. The molecule has 1 rings (SSSR count). The Morgan fingerprint density at radius 1 is 1.47 bits per heavy atom. The monoisotopic (exact) mass is 257 g/mol. The van der Waals surface area contributed by atoms with Gasteiger partial charge in [-0.15, -0.1) is 0 Å². The number of hydrogen-bond acceptors (Lipinski definition) is 4. The number of allylic oxidation sites excluding steroid dienone is 1. The summed E-state index contributed by atoms with van der Waals surface area (Å²) in [6.45, 7) is 4.32. The van der Waals surface area contributed by atoms with Crippen molar-refractivity contribution in [1.29, 1.82) is 5.26 Å². The molecule has 1 aliphatic rings. The summed E-state index contributed by atoms with van der Waals surface area (Å²) in [5, 5.41) is 8.74. The van der Waals surface area contributed by atoms with Gasteiger partial charge >= 0.3 is 7.60 Å². The van der Waals surface area contributed by atoms with Crippen LogP contribution in [0.3, 0.4) is 0 Å². The highest BCUT2D eigenvalue weighted by atomic mass is 31.2. The lowest BCUT2D eigenvalue weighted by Gasteiger charge is -2.15. The molecule has 0 bridgehead atoms. The molecule has 1 atom stereocenters. The van der Waals surface area contributed by atoms with Crippen LogP contribution in [0, 0.1) is 17.2 Å². The highest BCUT2D eigenvalue weighted by Gasteiger charge is 2.27. The molecule has 0 aromatic carbocycles. The second-order valence-corrected chi connectivity index (χ2v) is 5.89. The predicted octanol–water partition coefficient (Wildman–Crippen LogP) is 3.85. The van der Waals surface area contributed by atoms with E-state index in [2.05, 4.69) is 6.07 Å². The first-order valence-electron chi connectivity index (χ1n) is 6.12. The fourth-order valence-corrected chi connectivity index (χ4v) is 3.82. The van der Waals surface area contributed by atoms with Crippen LogP contribution in [-0.4, -0.2) is 13.2 Å². The second-order valence-electron chi connectivity index (χ2n) is 4.03. The molecular weight excluding hydrogens is 237 g/mol. The predicted molar refractivity (Wildman–Crippen MR) is 66.5 cm³/mol. The second kappa shape index (κ2) is 6.96. The maximum absolute atomic E-state index is 12.3. The Morgan fingerprint density at radius 2 is 2.12 bits per heavy atom. The Bertz CT molecular complexity index is 349. The Balaban J connectivity index is 2.82. The Hall–Kier alpha value is -0.620. The minimum Gasteiger partial charge on any atom is -0.306 e. The van der Waals surface area contributed by atoms with E-state index in [1.165, 1.54) is 0 Å². The Kier molecular flexibility index (Phi) is 5.91. The third-order valence-electron chi connectivity index (χ3n) is 2.82. The minimum absolute atomic E-state index is 0.231. The lowest BCUT2D eigenvalue weighted by atomic mass is 10.0. The van der Waals surface area contributed by atoms with E-state index in [0.717, 1.165) is 24.8 Å². The first-order chi connectivity index (χ1) is 8.15. The Labute approximate surface area is 103 Å². The highest BCUT2D eigenvalue weighted by molar-refractivity contribution is 7.57. The molecule has 96 valence electrons. The third kappa shape index (κ3) is 4.27. The first kappa shape index (κ1) is 14.4. The van der Waals surface area contributed by atoms with Crippen molar-refractivity contribution < 1.29 is 13.6 Å². The molecule has 0 saturated heterocycles. The molecule has 1 aliphatic carbocycles. The van der Waals surface area contributed by atoms with Crippen LogP contribution in [0.1, 0.15) is 39.5 Å². The number of nitrogens with zero attached hydrogens (tertiary/aromatic N) is 1. The lowest BCUT2D eigenvalue weighted by Crippen LogP contribution is -1.98. The molecular formula is C12H20NO3P. The third-order valence-corrected chi connectivity index (χ3v) is 4.71. The SMILES string of the molecule is CCOP(=O)(C=C1CCCC1CC#N)OCC. The van der Waals surface area contributed by atoms with E-state index in [9.17, 15) is 4.57 Å². The normalized spacial score (nSPS) is 22.9. The molecule has 4 nitrogen and oxygen atoms in total. The number of hydrogen-bond donors (Lipinski definition) is 0. The van der Waals surface area contributed by atoms with Gasteiger partial charge in [0.1, 0.15) is 0 Å². The number of nitriles is 1. The van der Waals surface area contributed by atoms with Gasteiger partial charge in [-0.1, -0.05) is 5.57 Å². The van der Waals surface area contributed by atoms with Crippen LogP contribution < -0.4 is 0 Å². The quantitative estimate of drug-likeness (QED) is 0.678. The van der Waals surface area contributed by atoms with Gasteiger partial charge in [0, 0.05) is 12.2 Å². The van der Waals surface area contributed by atoms with Gasteiger partial charge in [-0.3, -0.25) is 4.57 Å². The zero-order valence-corrected chi connectivity index (χ0v) is 11.4. The summed E-state index contributed by atoms with van der Waals surface area (Å²) < 4.78 is 22.8. The van der Waals surface area contributed by atoms with Crippen molar-refractivity contribution in [3.05, 3.63) is 11.4 Å². The van der Waals surface area contributed by atoms with Crippen LogP contribution in [0.2, 0.25) is 0 Å². The molecule has 0 spiro atoms. The molecule has 0 aromatic rings. The van der Waals surface area contributed by atoms with Crippen LogP contribution in [0.25, 0.3) is 0 Å². The number of rotatable bonds is 6. The first-order valence-corrected chi connectivity index (χ1v) is 7.73. The molecule has 1 unspecified atom stereocenters. The molecule has 0 aliphatic heterocycles. The van der Waals surface area contributed by atoms with Gasteiger partial charge in [0.05, 0.1) is 19.3 Å². The molecule has 5 heteroatoms. The summed E-state index contributed by atoms with van der Waals surface area (Å²) in [5.41, 5.74) is 1.07. The van der Waals surface area contributed by atoms with E-state index in [-0.39, 0.29) is 5.92 Å². The van der Waals surface area contributed by atoms with Crippen molar-refractivity contribution >= 4 is 7.60 Å². The summed E-state index contributed by atoms with van der Waals surface area (Å²) in [5.74, 6) is 1.88. The van der Waals surface area contributed by atoms with Gasteiger partial charge in [0.2, 0.25) is 0 Å². The highest BCUT2D eigenvalue weighted by Crippen LogP contribution is 2.53. The molecule has 0 heterocycles. The fourth-order valence-electron chi connectivity index (χ4n) is 2.13. The van der Waals surface area contributed by atoms with E-state index in [1.54, 1.807) is 19.7 Å². The van der Waals surface area contributed by atoms with Crippen molar-refractivity contribution in [2.24, 2.45) is 5.92 Å². The fraction of sp³-hybridized carbons (Fsp3) is 0.750. The standard InChI is InChI=1S/C12H20NO3P/c1-3-15-17(14,16-4-2)10-12-7-5-6-11(12)8-9-13/h10-11H,3-8H2,1-2H3. The van der Waals surface area contributed by atoms with Crippen LogP contribution >= 0.6 is 7.60 Å². The van der Waals surface area contributed by atoms with Gasteiger partial charge in [-0.25, -0.2) is 0 Å². The van der Waals surface area contributed by atoms with Gasteiger partial charge in [-0.05, 0) is 39.0 Å². The molecule has 0 amide bonds. The zero-order valence-electron chi connectivity index (χ0n) is 10.5. The van der Waals surface area contributed by atoms with Gasteiger partial charge in [-0.2, -0.15) is 5.26 Å². The van der Waals surface area contributed by atoms with E-state index < -0.39 is 7.60 Å². The average Bonchev–Trinajstić information content (AvgIpc) is 2.66. The minimum atomic E-state index is -3.10. The largest absolute Gasteiger partial charge is 0.354 e. The van der Waals surface area contributed by atoms with Gasteiger partial charge in [0.25, 0.3) is 0 Å². The zero-order chi connectivity index (χ0) is 12.7. The average molecular weight is 257 g/mol. The topological polar surface area (TPSA) is 59.3 Å². The Morgan fingerprint density at radius 3 is 2.65 bits per heavy atom. The molecule has 0 radical (unpaired) electrons. The van der Waals surface area contributed by atoms with Crippen LogP contribution in [0.4, 0.5) is 0 Å². The summed E-state index contributed by atoms with van der Waals surface area (Å²) in [4.78, 5) is 0. The van der Waals surface area contributed by atoms with E-state index in [0.29, 0.717) is 19.6 Å². The molecule has 0 aromatic heterocycles. The molecule has 1 fully saturated rings. The van der Waals surface area contributed by atoms with Crippen LogP contribution in [-0.2, 0) is 13.6 Å².